The van der Waals surface area contributed by atoms with Gasteiger partial charge in [-0.3, -0.25) is 4.90 Å². The minimum atomic E-state index is 0.736. The molecule has 4 aliphatic carbocycles. The maximum atomic E-state index is 3.53. The van der Waals surface area contributed by atoms with Gasteiger partial charge in [0.25, 0.3) is 0 Å². The Kier molecular flexibility index (Phi) is 2.74. The van der Waals surface area contributed by atoms with E-state index in [2.05, 4.69) is 17.1 Å². The molecule has 4 bridgehead atoms. The Morgan fingerprint density at radius 2 is 1.67 bits per heavy atom. The molecule has 18 heavy (non-hydrogen) atoms. The first-order valence-electron chi connectivity index (χ1n) is 8.17. The van der Waals surface area contributed by atoms with Crippen LogP contribution in [0.2, 0.25) is 0 Å². The van der Waals surface area contributed by atoms with E-state index in [4.69, 9.17) is 0 Å². The highest BCUT2D eigenvalue weighted by atomic mass is 15.2. The lowest BCUT2D eigenvalue weighted by atomic mass is 9.49. The van der Waals surface area contributed by atoms with E-state index < -0.39 is 0 Å². The van der Waals surface area contributed by atoms with Crippen molar-refractivity contribution in [2.45, 2.75) is 51.5 Å². The molecule has 0 amide bonds. The van der Waals surface area contributed by atoms with Crippen LogP contribution in [0.5, 0.6) is 0 Å². The van der Waals surface area contributed by atoms with Crippen molar-refractivity contribution in [1.29, 1.82) is 0 Å². The molecule has 0 spiro atoms. The summed E-state index contributed by atoms with van der Waals surface area (Å²) in [7, 11) is 0. The lowest BCUT2D eigenvalue weighted by molar-refractivity contribution is -0.0754. The SMILES string of the molecule is CC1CNCCN1CC12CC3CC(CC(C3)C1)C2. The minimum Gasteiger partial charge on any atom is -0.314 e. The number of hydrogen-bond donors (Lipinski definition) is 1. The van der Waals surface area contributed by atoms with Crippen molar-refractivity contribution in [2.24, 2.45) is 23.2 Å². The summed E-state index contributed by atoms with van der Waals surface area (Å²) in [5.74, 6) is 3.32. The molecule has 0 aromatic heterocycles. The number of nitrogens with one attached hydrogen (secondary N) is 1. The van der Waals surface area contributed by atoms with Gasteiger partial charge in [-0.15, -0.1) is 0 Å². The Morgan fingerprint density at radius 3 is 2.22 bits per heavy atom. The van der Waals surface area contributed by atoms with Crippen molar-refractivity contribution in [1.82, 2.24) is 10.2 Å². The number of rotatable bonds is 2. The Balaban J connectivity index is 1.50. The summed E-state index contributed by atoms with van der Waals surface area (Å²) in [6, 6.07) is 0.756. The highest BCUT2D eigenvalue weighted by Gasteiger charge is 2.51. The van der Waals surface area contributed by atoms with Crippen LogP contribution in [0.1, 0.15) is 45.4 Å². The molecule has 0 aromatic carbocycles. The van der Waals surface area contributed by atoms with Crippen LogP contribution in [0, 0.1) is 23.2 Å². The summed E-state index contributed by atoms with van der Waals surface area (Å²) >= 11 is 0. The number of nitrogens with zero attached hydrogens (tertiary/aromatic N) is 1. The Hall–Kier alpha value is -0.0800. The zero-order valence-electron chi connectivity index (χ0n) is 11.8. The Labute approximate surface area is 111 Å². The molecule has 0 radical (unpaired) electrons. The molecular weight excluding hydrogens is 220 g/mol. The van der Waals surface area contributed by atoms with Crippen molar-refractivity contribution in [3.8, 4) is 0 Å². The summed E-state index contributed by atoms with van der Waals surface area (Å²) in [5.41, 5.74) is 0.736. The maximum absolute atomic E-state index is 3.53. The molecule has 5 fully saturated rings. The molecule has 1 heterocycles. The van der Waals surface area contributed by atoms with E-state index in [-0.39, 0.29) is 0 Å². The molecule has 102 valence electrons. The summed E-state index contributed by atoms with van der Waals surface area (Å²) in [5, 5.41) is 3.53. The van der Waals surface area contributed by atoms with Gasteiger partial charge in [-0.05, 0) is 68.6 Å². The highest BCUT2D eigenvalue weighted by Crippen LogP contribution is 2.60. The second-order valence-corrected chi connectivity index (χ2v) is 7.94. The second kappa shape index (κ2) is 4.21. The average Bonchev–Trinajstić information content (AvgIpc) is 2.30. The van der Waals surface area contributed by atoms with E-state index in [0.717, 1.165) is 29.2 Å². The third-order valence-corrected chi connectivity index (χ3v) is 6.34. The van der Waals surface area contributed by atoms with E-state index in [1.807, 2.05) is 0 Å². The fourth-order valence-electron chi connectivity index (χ4n) is 6.03. The van der Waals surface area contributed by atoms with Gasteiger partial charge in [0.2, 0.25) is 0 Å². The first-order chi connectivity index (χ1) is 8.72. The van der Waals surface area contributed by atoms with Gasteiger partial charge in [-0.2, -0.15) is 0 Å². The molecule has 1 saturated heterocycles. The smallest absolute Gasteiger partial charge is 0.0193 e. The van der Waals surface area contributed by atoms with Crippen molar-refractivity contribution >= 4 is 0 Å². The van der Waals surface area contributed by atoms with Crippen LogP contribution in [0.25, 0.3) is 0 Å². The maximum Gasteiger partial charge on any atom is 0.0193 e. The normalized spacial score (nSPS) is 51.8. The first-order valence-corrected chi connectivity index (χ1v) is 8.17. The lowest BCUT2D eigenvalue weighted by Crippen LogP contribution is -2.57. The third kappa shape index (κ3) is 1.92. The lowest BCUT2D eigenvalue weighted by Gasteiger charge is -2.58. The summed E-state index contributed by atoms with van der Waals surface area (Å²) in [6.07, 6.45) is 9.43. The van der Waals surface area contributed by atoms with Gasteiger partial charge in [0.15, 0.2) is 0 Å². The van der Waals surface area contributed by atoms with E-state index in [1.165, 1.54) is 26.2 Å². The predicted octanol–water partition coefficient (Wildman–Crippen LogP) is 2.50. The van der Waals surface area contributed by atoms with Crippen LogP contribution in [-0.4, -0.2) is 37.1 Å². The number of hydrogen-bond acceptors (Lipinski definition) is 2. The van der Waals surface area contributed by atoms with Crippen LogP contribution in [0.4, 0.5) is 0 Å². The van der Waals surface area contributed by atoms with Gasteiger partial charge in [0.1, 0.15) is 0 Å². The van der Waals surface area contributed by atoms with Crippen molar-refractivity contribution in [3.05, 3.63) is 0 Å². The van der Waals surface area contributed by atoms with Crippen LogP contribution in [0.3, 0.4) is 0 Å². The van der Waals surface area contributed by atoms with Crippen molar-refractivity contribution in [2.75, 3.05) is 26.2 Å². The molecule has 1 aliphatic heterocycles. The van der Waals surface area contributed by atoms with Crippen LogP contribution in [0.15, 0.2) is 0 Å². The summed E-state index contributed by atoms with van der Waals surface area (Å²) in [6.45, 7) is 7.51. The fourth-order valence-corrected chi connectivity index (χ4v) is 6.03. The molecule has 5 rings (SSSR count). The third-order valence-electron chi connectivity index (χ3n) is 6.34. The summed E-state index contributed by atoms with van der Waals surface area (Å²) < 4.78 is 0. The minimum absolute atomic E-state index is 0.736. The van der Waals surface area contributed by atoms with Gasteiger partial charge in [-0.1, -0.05) is 0 Å². The van der Waals surface area contributed by atoms with E-state index in [9.17, 15) is 0 Å². The zero-order chi connectivity index (χ0) is 12.2. The fraction of sp³-hybridized carbons (Fsp3) is 1.00. The monoisotopic (exact) mass is 248 g/mol. The molecule has 0 aromatic rings. The van der Waals surface area contributed by atoms with Crippen LogP contribution >= 0.6 is 0 Å². The van der Waals surface area contributed by atoms with Crippen molar-refractivity contribution < 1.29 is 0 Å². The first kappa shape index (κ1) is 11.7. The van der Waals surface area contributed by atoms with Gasteiger partial charge in [-0.25, -0.2) is 0 Å². The second-order valence-electron chi connectivity index (χ2n) is 7.94. The molecule has 1 N–H and O–H groups in total. The van der Waals surface area contributed by atoms with Crippen molar-refractivity contribution in [3.63, 3.8) is 0 Å². The average molecular weight is 248 g/mol. The topological polar surface area (TPSA) is 15.3 Å². The zero-order valence-corrected chi connectivity index (χ0v) is 11.8. The molecule has 1 atom stereocenters. The molecule has 4 saturated carbocycles. The van der Waals surface area contributed by atoms with Gasteiger partial charge in [0, 0.05) is 32.2 Å². The number of piperazine rings is 1. The van der Waals surface area contributed by atoms with E-state index in [1.54, 1.807) is 38.5 Å². The van der Waals surface area contributed by atoms with E-state index in [0.29, 0.717) is 0 Å². The molecule has 2 nitrogen and oxygen atoms in total. The molecule has 5 aliphatic rings. The molecular formula is C16H28N2. The standard InChI is InChI=1S/C16H28N2/c1-12-10-17-2-3-18(12)11-16-7-13-4-14(8-16)6-15(5-13)9-16/h12-15,17H,2-11H2,1H3. The highest BCUT2D eigenvalue weighted by molar-refractivity contribution is 5.03. The largest absolute Gasteiger partial charge is 0.314 e. The predicted molar refractivity (Wildman–Crippen MR) is 74.5 cm³/mol. The Morgan fingerprint density at radius 1 is 1.06 bits per heavy atom. The van der Waals surface area contributed by atoms with Crippen LogP contribution < -0.4 is 5.32 Å². The molecule has 1 unspecified atom stereocenters. The van der Waals surface area contributed by atoms with Gasteiger partial charge < -0.3 is 5.32 Å². The Bertz CT molecular complexity index is 290. The quantitative estimate of drug-likeness (QED) is 0.808. The van der Waals surface area contributed by atoms with Gasteiger partial charge in [0.05, 0.1) is 0 Å². The molecule has 2 heteroatoms. The van der Waals surface area contributed by atoms with E-state index >= 15 is 0 Å². The van der Waals surface area contributed by atoms with Crippen LogP contribution in [-0.2, 0) is 0 Å². The summed E-state index contributed by atoms with van der Waals surface area (Å²) in [4.78, 5) is 2.80. The van der Waals surface area contributed by atoms with Gasteiger partial charge >= 0.3 is 0 Å².